The number of piperazine rings is 1. The van der Waals surface area contributed by atoms with Gasteiger partial charge in [-0.2, -0.15) is 0 Å². The largest absolute Gasteiger partial charge is 0.340 e. The molecule has 0 aromatic heterocycles. The number of nitrogens with zero attached hydrogens (tertiary/aromatic N) is 1. The summed E-state index contributed by atoms with van der Waals surface area (Å²) >= 11 is 0. The zero-order valence-electron chi connectivity index (χ0n) is 13.9. The summed E-state index contributed by atoms with van der Waals surface area (Å²) in [7, 11) is 0. The zero-order chi connectivity index (χ0) is 15.6. The number of hydrogen-bond donors (Lipinski definition) is 1. The SMILES string of the molecule is CC(C)CCN1C(=O)C2(CCCCC2)NC(=O)C1C(C)C. The van der Waals surface area contributed by atoms with E-state index in [1.54, 1.807) is 0 Å². The third-order valence-electron chi connectivity index (χ3n) is 4.92. The molecule has 21 heavy (non-hydrogen) atoms. The van der Waals surface area contributed by atoms with Gasteiger partial charge in [0.25, 0.3) is 0 Å². The van der Waals surface area contributed by atoms with Crippen LogP contribution in [0.15, 0.2) is 0 Å². The molecule has 1 saturated heterocycles. The lowest BCUT2D eigenvalue weighted by Gasteiger charge is -2.49. The fourth-order valence-corrected chi connectivity index (χ4v) is 3.70. The summed E-state index contributed by atoms with van der Waals surface area (Å²) in [6.07, 6.45) is 5.82. The Bertz CT molecular complexity index is 398. The Morgan fingerprint density at radius 2 is 1.76 bits per heavy atom. The minimum absolute atomic E-state index is 0.0512. The summed E-state index contributed by atoms with van der Waals surface area (Å²) in [6, 6.07) is -0.302. The fourth-order valence-electron chi connectivity index (χ4n) is 3.70. The van der Waals surface area contributed by atoms with E-state index in [0.29, 0.717) is 12.5 Å². The number of carbonyl (C=O) groups is 2. The molecule has 2 amide bonds. The molecule has 2 rings (SSSR count). The van der Waals surface area contributed by atoms with Gasteiger partial charge < -0.3 is 10.2 Å². The maximum Gasteiger partial charge on any atom is 0.249 e. The van der Waals surface area contributed by atoms with E-state index in [9.17, 15) is 9.59 Å². The van der Waals surface area contributed by atoms with Crippen molar-refractivity contribution in [3.63, 3.8) is 0 Å². The Balaban J connectivity index is 2.24. The van der Waals surface area contributed by atoms with Crippen LogP contribution in [0.5, 0.6) is 0 Å². The molecule has 1 aliphatic carbocycles. The summed E-state index contributed by atoms with van der Waals surface area (Å²) in [5.74, 6) is 0.913. The average molecular weight is 294 g/mol. The molecule has 0 aromatic rings. The second-order valence-electron chi connectivity index (χ2n) is 7.50. The van der Waals surface area contributed by atoms with Crippen molar-refractivity contribution in [3.8, 4) is 0 Å². The van der Waals surface area contributed by atoms with Crippen LogP contribution in [0, 0.1) is 11.8 Å². The first-order valence-corrected chi connectivity index (χ1v) is 8.50. The van der Waals surface area contributed by atoms with Crippen LogP contribution in [0.3, 0.4) is 0 Å². The second-order valence-corrected chi connectivity index (χ2v) is 7.50. The highest BCUT2D eigenvalue weighted by atomic mass is 16.2. The minimum atomic E-state index is -0.600. The molecule has 2 aliphatic rings. The van der Waals surface area contributed by atoms with E-state index in [-0.39, 0.29) is 23.8 Å². The first kappa shape index (κ1) is 16.3. The lowest BCUT2D eigenvalue weighted by molar-refractivity contribution is -0.158. The minimum Gasteiger partial charge on any atom is -0.340 e. The number of nitrogens with one attached hydrogen (secondary N) is 1. The highest BCUT2D eigenvalue weighted by Gasteiger charge is 2.51. The highest BCUT2D eigenvalue weighted by molar-refractivity contribution is 6.00. The van der Waals surface area contributed by atoms with Gasteiger partial charge in [-0.15, -0.1) is 0 Å². The maximum absolute atomic E-state index is 13.1. The summed E-state index contributed by atoms with van der Waals surface area (Å²) in [5, 5.41) is 3.10. The summed E-state index contributed by atoms with van der Waals surface area (Å²) in [6.45, 7) is 9.08. The summed E-state index contributed by atoms with van der Waals surface area (Å²) < 4.78 is 0. The van der Waals surface area contributed by atoms with Crippen molar-refractivity contribution >= 4 is 11.8 Å². The monoisotopic (exact) mass is 294 g/mol. The molecular weight excluding hydrogens is 264 g/mol. The molecule has 1 aliphatic heterocycles. The molecule has 1 N–H and O–H groups in total. The normalized spacial score (nSPS) is 25.8. The second kappa shape index (κ2) is 6.37. The lowest BCUT2D eigenvalue weighted by atomic mass is 9.77. The molecule has 1 heterocycles. The van der Waals surface area contributed by atoms with Crippen LogP contribution in [-0.4, -0.2) is 34.8 Å². The predicted molar refractivity (Wildman–Crippen MR) is 83.8 cm³/mol. The van der Waals surface area contributed by atoms with E-state index in [1.807, 2.05) is 18.7 Å². The third kappa shape index (κ3) is 3.24. The number of hydrogen-bond acceptors (Lipinski definition) is 2. The van der Waals surface area contributed by atoms with Gasteiger partial charge in [-0.1, -0.05) is 47.0 Å². The van der Waals surface area contributed by atoms with Gasteiger partial charge in [0.15, 0.2) is 0 Å². The first-order chi connectivity index (χ1) is 9.87. The number of carbonyl (C=O) groups excluding carboxylic acids is 2. The molecule has 1 saturated carbocycles. The van der Waals surface area contributed by atoms with Crippen LogP contribution in [0.1, 0.15) is 66.2 Å². The van der Waals surface area contributed by atoms with Gasteiger partial charge in [0.2, 0.25) is 11.8 Å². The highest BCUT2D eigenvalue weighted by Crippen LogP contribution is 2.34. The van der Waals surface area contributed by atoms with Crippen LogP contribution < -0.4 is 5.32 Å². The van der Waals surface area contributed by atoms with Crippen LogP contribution in [0.2, 0.25) is 0 Å². The van der Waals surface area contributed by atoms with Gasteiger partial charge in [0, 0.05) is 6.54 Å². The quantitative estimate of drug-likeness (QED) is 0.866. The molecule has 1 atom stereocenters. The zero-order valence-corrected chi connectivity index (χ0v) is 13.9. The Morgan fingerprint density at radius 3 is 2.29 bits per heavy atom. The number of amides is 2. The van der Waals surface area contributed by atoms with E-state index in [2.05, 4.69) is 19.2 Å². The molecule has 1 spiro atoms. The van der Waals surface area contributed by atoms with Crippen LogP contribution in [0.25, 0.3) is 0 Å². The van der Waals surface area contributed by atoms with Gasteiger partial charge >= 0.3 is 0 Å². The predicted octanol–water partition coefficient (Wildman–Crippen LogP) is 2.72. The van der Waals surface area contributed by atoms with E-state index >= 15 is 0 Å². The van der Waals surface area contributed by atoms with Crippen molar-refractivity contribution in [1.29, 1.82) is 0 Å². The van der Waals surface area contributed by atoms with Crippen LogP contribution in [0.4, 0.5) is 0 Å². The Labute approximate surface area is 128 Å². The Kier molecular flexibility index (Phi) is 4.95. The molecule has 4 heteroatoms. The lowest BCUT2D eigenvalue weighted by Crippen LogP contribution is -2.71. The smallest absolute Gasteiger partial charge is 0.249 e. The average Bonchev–Trinajstić information content (AvgIpc) is 2.41. The summed E-state index contributed by atoms with van der Waals surface area (Å²) in [5.41, 5.74) is -0.600. The van der Waals surface area contributed by atoms with Crippen molar-refractivity contribution in [2.24, 2.45) is 11.8 Å². The van der Waals surface area contributed by atoms with Gasteiger partial charge in [0.1, 0.15) is 11.6 Å². The standard InChI is InChI=1S/C17H30N2O2/c1-12(2)8-11-19-14(13(3)4)15(20)18-17(16(19)21)9-6-5-7-10-17/h12-14H,5-11H2,1-4H3,(H,18,20). The molecule has 1 unspecified atom stereocenters. The fraction of sp³-hybridized carbons (Fsp3) is 0.882. The van der Waals surface area contributed by atoms with Crippen molar-refractivity contribution in [1.82, 2.24) is 10.2 Å². The van der Waals surface area contributed by atoms with E-state index in [1.165, 1.54) is 6.42 Å². The topological polar surface area (TPSA) is 49.4 Å². The van der Waals surface area contributed by atoms with Gasteiger partial charge in [-0.25, -0.2) is 0 Å². The van der Waals surface area contributed by atoms with Crippen molar-refractivity contribution in [2.45, 2.75) is 77.8 Å². The van der Waals surface area contributed by atoms with Crippen molar-refractivity contribution in [2.75, 3.05) is 6.54 Å². The van der Waals surface area contributed by atoms with Crippen LogP contribution in [-0.2, 0) is 9.59 Å². The Morgan fingerprint density at radius 1 is 1.14 bits per heavy atom. The summed E-state index contributed by atoms with van der Waals surface area (Å²) in [4.78, 5) is 27.6. The molecule has 0 bridgehead atoms. The van der Waals surface area contributed by atoms with E-state index < -0.39 is 5.54 Å². The van der Waals surface area contributed by atoms with Crippen molar-refractivity contribution < 1.29 is 9.59 Å². The molecule has 0 radical (unpaired) electrons. The number of rotatable bonds is 4. The molecular formula is C17H30N2O2. The molecule has 2 fully saturated rings. The van der Waals surface area contributed by atoms with E-state index in [4.69, 9.17) is 0 Å². The third-order valence-corrected chi connectivity index (χ3v) is 4.92. The van der Waals surface area contributed by atoms with Gasteiger partial charge in [-0.05, 0) is 31.1 Å². The first-order valence-electron chi connectivity index (χ1n) is 8.50. The molecule has 120 valence electrons. The molecule has 4 nitrogen and oxygen atoms in total. The van der Waals surface area contributed by atoms with Crippen molar-refractivity contribution in [3.05, 3.63) is 0 Å². The van der Waals surface area contributed by atoms with Gasteiger partial charge in [0.05, 0.1) is 0 Å². The Hall–Kier alpha value is -1.06. The molecule has 0 aromatic carbocycles. The maximum atomic E-state index is 13.1. The van der Waals surface area contributed by atoms with E-state index in [0.717, 1.165) is 32.1 Å². The van der Waals surface area contributed by atoms with Crippen LogP contribution >= 0.6 is 0 Å². The van der Waals surface area contributed by atoms with Gasteiger partial charge in [-0.3, -0.25) is 9.59 Å².